The average molecular weight is 301 g/mol. The van der Waals surface area contributed by atoms with Gasteiger partial charge in [0.1, 0.15) is 0 Å². The highest BCUT2D eigenvalue weighted by molar-refractivity contribution is 7.89. The molecular weight excluding hydrogens is 278 g/mol. The van der Waals surface area contributed by atoms with Gasteiger partial charge < -0.3 is 10.1 Å². The lowest BCUT2D eigenvalue weighted by Gasteiger charge is -2.07. The molecule has 0 radical (unpaired) electrons. The molecule has 20 heavy (non-hydrogen) atoms. The number of rotatable bonds is 10. The third-order valence-electron chi connectivity index (χ3n) is 2.77. The zero-order valence-corrected chi connectivity index (χ0v) is 12.9. The molecule has 0 atom stereocenters. The minimum absolute atomic E-state index is 0.0641. The number of nitrogens with one attached hydrogen (secondary N) is 2. The maximum absolute atomic E-state index is 12.0. The molecule has 0 spiro atoms. The summed E-state index contributed by atoms with van der Waals surface area (Å²) in [6.07, 6.45) is 4.24. The minimum atomic E-state index is -3.50. The van der Waals surface area contributed by atoms with E-state index >= 15 is 0 Å². The lowest BCUT2D eigenvalue weighted by molar-refractivity contribution is 0.192. The van der Waals surface area contributed by atoms with Crippen LogP contribution in [0.25, 0.3) is 0 Å². The molecule has 0 bridgehead atoms. The zero-order valence-electron chi connectivity index (χ0n) is 12.1. The highest BCUT2D eigenvalue weighted by Crippen LogP contribution is 2.07. The molecule has 1 aromatic rings. The van der Waals surface area contributed by atoms with Crippen molar-refractivity contribution < 1.29 is 13.2 Å². The first kappa shape index (κ1) is 17.0. The number of methoxy groups -OCH3 is 1. The Morgan fingerprint density at radius 2 is 2.05 bits per heavy atom. The van der Waals surface area contributed by atoms with E-state index in [4.69, 9.17) is 4.74 Å². The quantitative estimate of drug-likeness (QED) is 0.628. The second-order valence-electron chi connectivity index (χ2n) is 4.49. The summed E-state index contributed by atoms with van der Waals surface area (Å²) < 4.78 is 31.4. The Bertz CT molecular complexity index is 474. The van der Waals surface area contributed by atoms with Gasteiger partial charge in [0, 0.05) is 33.0 Å². The molecule has 1 aromatic heterocycles. The molecule has 2 N–H and O–H groups in total. The summed E-state index contributed by atoms with van der Waals surface area (Å²) in [7, 11) is -0.00951. The van der Waals surface area contributed by atoms with Crippen molar-refractivity contribution in [3.8, 4) is 0 Å². The molecule has 0 aliphatic carbocycles. The summed E-state index contributed by atoms with van der Waals surface area (Å²) >= 11 is 0. The maximum Gasteiger partial charge on any atom is 0.258 e. The first-order valence-corrected chi connectivity index (χ1v) is 8.16. The Morgan fingerprint density at radius 1 is 1.25 bits per heavy atom. The van der Waals surface area contributed by atoms with E-state index in [1.807, 2.05) is 7.05 Å². The number of nitrogens with zero attached hydrogens (tertiary/aromatic N) is 1. The first-order valence-electron chi connectivity index (χ1n) is 6.68. The van der Waals surface area contributed by atoms with Gasteiger partial charge in [-0.2, -0.15) is 0 Å². The van der Waals surface area contributed by atoms with Crippen LogP contribution in [0.5, 0.6) is 0 Å². The molecule has 0 fully saturated rings. The number of hydrogen-bond acceptors (Lipinski definition) is 5. The van der Waals surface area contributed by atoms with Crippen molar-refractivity contribution in [1.82, 2.24) is 15.0 Å². The Balaban J connectivity index is 2.43. The van der Waals surface area contributed by atoms with Gasteiger partial charge in [0.15, 0.2) is 5.03 Å². The number of unbranched alkanes of at least 4 members (excludes halogenated alkanes) is 2. The maximum atomic E-state index is 12.0. The monoisotopic (exact) mass is 301 g/mol. The van der Waals surface area contributed by atoms with Crippen LogP contribution in [0, 0.1) is 0 Å². The fourth-order valence-corrected chi connectivity index (χ4v) is 2.71. The SMILES string of the molecule is CNCc1ccc(S(=O)(=O)NCCCCCOC)nc1. The first-order chi connectivity index (χ1) is 9.60. The predicted octanol–water partition coefficient (Wildman–Crippen LogP) is 0.896. The molecule has 0 aliphatic heterocycles. The Labute approximate surface area is 121 Å². The van der Waals surface area contributed by atoms with Gasteiger partial charge in [0.2, 0.25) is 0 Å². The van der Waals surface area contributed by atoms with E-state index < -0.39 is 10.0 Å². The van der Waals surface area contributed by atoms with Crippen LogP contribution in [0.1, 0.15) is 24.8 Å². The van der Waals surface area contributed by atoms with E-state index in [1.165, 1.54) is 6.07 Å². The lowest BCUT2D eigenvalue weighted by Crippen LogP contribution is -2.25. The van der Waals surface area contributed by atoms with Gasteiger partial charge in [0.05, 0.1) is 0 Å². The summed E-state index contributed by atoms with van der Waals surface area (Å²) in [5, 5.41) is 3.05. The van der Waals surface area contributed by atoms with Crippen LogP contribution >= 0.6 is 0 Å². The van der Waals surface area contributed by atoms with Crippen molar-refractivity contribution in [1.29, 1.82) is 0 Å². The van der Waals surface area contributed by atoms with Crippen molar-refractivity contribution in [2.24, 2.45) is 0 Å². The van der Waals surface area contributed by atoms with Crippen molar-refractivity contribution in [3.05, 3.63) is 23.9 Å². The molecule has 1 rings (SSSR count). The van der Waals surface area contributed by atoms with Crippen LogP contribution in [0.3, 0.4) is 0 Å². The van der Waals surface area contributed by atoms with E-state index in [2.05, 4.69) is 15.0 Å². The van der Waals surface area contributed by atoms with Crippen LogP contribution in [0.15, 0.2) is 23.4 Å². The fraction of sp³-hybridized carbons (Fsp3) is 0.615. The molecule has 0 aromatic carbocycles. The number of aromatic nitrogens is 1. The van der Waals surface area contributed by atoms with Crippen LogP contribution in [0.2, 0.25) is 0 Å². The molecule has 0 saturated carbocycles. The van der Waals surface area contributed by atoms with E-state index in [0.717, 1.165) is 24.8 Å². The van der Waals surface area contributed by atoms with Gasteiger partial charge >= 0.3 is 0 Å². The van der Waals surface area contributed by atoms with Gasteiger partial charge in [-0.25, -0.2) is 18.1 Å². The van der Waals surface area contributed by atoms with Crippen LogP contribution in [-0.4, -0.2) is 40.7 Å². The Kier molecular flexibility index (Phi) is 7.68. The number of ether oxygens (including phenoxy) is 1. The molecule has 114 valence electrons. The fourth-order valence-electron chi connectivity index (χ4n) is 1.71. The van der Waals surface area contributed by atoms with Gasteiger partial charge in [-0.3, -0.25) is 0 Å². The Morgan fingerprint density at radius 3 is 2.65 bits per heavy atom. The summed E-state index contributed by atoms with van der Waals surface area (Å²) in [6.45, 7) is 1.80. The van der Waals surface area contributed by atoms with Crippen LogP contribution in [-0.2, 0) is 21.3 Å². The average Bonchev–Trinajstić information content (AvgIpc) is 2.44. The van der Waals surface area contributed by atoms with Gasteiger partial charge in [0.25, 0.3) is 10.0 Å². The smallest absolute Gasteiger partial charge is 0.258 e. The molecule has 0 saturated heterocycles. The predicted molar refractivity (Wildman–Crippen MR) is 77.9 cm³/mol. The zero-order chi connectivity index (χ0) is 14.8. The minimum Gasteiger partial charge on any atom is -0.385 e. The van der Waals surface area contributed by atoms with Crippen molar-refractivity contribution >= 4 is 10.0 Å². The van der Waals surface area contributed by atoms with Gasteiger partial charge in [-0.1, -0.05) is 6.07 Å². The van der Waals surface area contributed by atoms with Crippen LogP contribution in [0.4, 0.5) is 0 Å². The van der Waals surface area contributed by atoms with Crippen molar-refractivity contribution in [2.75, 3.05) is 27.3 Å². The molecule has 0 unspecified atom stereocenters. The highest BCUT2D eigenvalue weighted by Gasteiger charge is 2.14. The van der Waals surface area contributed by atoms with Crippen LogP contribution < -0.4 is 10.0 Å². The highest BCUT2D eigenvalue weighted by atomic mass is 32.2. The Hall–Kier alpha value is -1.02. The molecule has 0 amide bonds. The lowest BCUT2D eigenvalue weighted by atomic mass is 10.2. The topological polar surface area (TPSA) is 80.3 Å². The molecule has 7 heteroatoms. The van der Waals surface area contributed by atoms with E-state index in [9.17, 15) is 8.42 Å². The van der Waals surface area contributed by atoms with E-state index in [0.29, 0.717) is 19.7 Å². The second kappa shape index (κ2) is 9.02. The summed E-state index contributed by atoms with van der Waals surface area (Å²) in [5.74, 6) is 0. The van der Waals surface area contributed by atoms with E-state index in [-0.39, 0.29) is 5.03 Å². The largest absolute Gasteiger partial charge is 0.385 e. The molecule has 0 aliphatic rings. The number of sulfonamides is 1. The standard InChI is InChI=1S/C13H23N3O3S/c1-14-10-12-6-7-13(15-11-12)20(17,18)16-8-4-3-5-9-19-2/h6-7,11,14,16H,3-5,8-10H2,1-2H3. The van der Waals surface area contributed by atoms with Crippen molar-refractivity contribution in [3.63, 3.8) is 0 Å². The second-order valence-corrected chi connectivity index (χ2v) is 6.20. The molecular formula is C13H23N3O3S. The third kappa shape index (κ3) is 5.96. The third-order valence-corrected chi connectivity index (χ3v) is 4.15. The van der Waals surface area contributed by atoms with Gasteiger partial charge in [-0.15, -0.1) is 0 Å². The van der Waals surface area contributed by atoms with E-state index in [1.54, 1.807) is 19.4 Å². The molecule has 1 heterocycles. The molecule has 6 nitrogen and oxygen atoms in total. The van der Waals surface area contributed by atoms with Crippen molar-refractivity contribution in [2.45, 2.75) is 30.8 Å². The summed E-state index contributed by atoms with van der Waals surface area (Å²) in [6, 6.07) is 3.29. The number of hydrogen-bond donors (Lipinski definition) is 2. The summed E-state index contributed by atoms with van der Waals surface area (Å²) in [4.78, 5) is 3.99. The summed E-state index contributed by atoms with van der Waals surface area (Å²) in [5.41, 5.74) is 0.950. The van der Waals surface area contributed by atoms with Gasteiger partial charge in [-0.05, 0) is 37.9 Å². The number of pyridine rings is 1. The normalized spacial score (nSPS) is 11.7.